The molecule has 0 N–H and O–H groups in total. The number of rotatable bonds is 6. The Balaban J connectivity index is 1.51. The third-order valence-corrected chi connectivity index (χ3v) is 6.68. The van der Waals surface area contributed by atoms with Crippen LogP contribution in [0.5, 0.6) is 5.75 Å². The minimum atomic E-state index is -0.312. The summed E-state index contributed by atoms with van der Waals surface area (Å²) in [5.74, 6) is 0.393. The van der Waals surface area contributed by atoms with Crippen molar-refractivity contribution in [1.29, 1.82) is 0 Å². The van der Waals surface area contributed by atoms with Gasteiger partial charge < -0.3 is 9.30 Å². The van der Waals surface area contributed by atoms with Crippen LogP contribution in [-0.2, 0) is 4.79 Å². The molecule has 0 bridgehead atoms. The van der Waals surface area contributed by atoms with E-state index in [1.165, 1.54) is 4.90 Å². The Bertz CT molecular complexity index is 1250. The number of hydrogen-bond acceptors (Lipinski definition) is 4. The molecule has 0 spiro atoms. The van der Waals surface area contributed by atoms with E-state index in [9.17, 15) is 9.59 Å². The number of nitrogens with zero attached hydrogens (tertiary/aromatic N) is 2. The number of aryl methyl sites for hydroxylation is 2. The van der Waals surface area contributed by atoms with Crippen LogP contribution in [-0.4, -0.2) is 33.8 Å². The average Bonchev–Trinajstić information content (AvgIpc) is 3.18. The van der Waals surface area contributed by atoms with Gasteiger partial charge in [0.15, 0.2) is 0 Å². The van der Waals surface area contributed by atoms with Crippen LogP contribution in [0.1, 0.15) is 22.5 Å². The number of amides is 2. The highest BCUT2D eigenvalue weighted by Crippen LogP contribution is 2.34. The fourth-order valence-electron chi connectivity index (χ4n) is 3.72. The normalized spacial score (nSPS) is 15.1. The molecule has 0 radical (unpaired) electrons. The van der Waals surface area contributed by atoms with Gasteiger partial charge in [0, 0.05) is 27.1 Å². The highest BCUT2D eigenvalue weighted by atomic mass is 35.5. The van der Waals surface area contributed by atoms with E-state index in [0.717, 1.165) is 40.0 Å². The molecule has 33 heavy (non-hydrogen) atoms. The van der Waals surface area contributed by atoms with E-state index in [1.54, 1.807) is 12.1 Å². The fourth-order valence-corrected chi connectivity index (χ4v) is 5.09. The highest BCUT2D eigenvalue weighted by molar-refractivity contribution is 8.18. The Labute approximate surface area is 206 Å². The molecule has 2 aromatic carbocycles. The zero-order valence-corrected chi connectivity index (χ0v) is 20.7. The van der Waals surface area contributed by atoms with Crippen molar-refractivity contribution >= 4 is 52.2 Å². The summed E-state index contributed by atoms with van der Waals surface area (Å²) in [6, 6.07) is 15.0. The Morgan fingerprint density at radius 1 is 0.970 bits per heavy atom. The van der Waals surface area contributed by atoms with E-state index in [4.69, 9.17) is 27.9 Å². The van der Waals surface area contributed by atoms with Crippen molar-refractivity contribution in [3.8, 4) is 11.4 Å². The molecule has 1 saturated heterocycles. The van der Waals surface area contributed by atoms with Crippen LogP contribution in [0.25, 0.3) is 11.8 Å². The lowest BCUT2D eigenvalue weighted by Gasteiger charge is -2.13. The standard InChI is InChI=1S/C25H22Cl2N2O3S/c1-15-4-6-22(7-5-15)32-9-8-28-24(30)23(33-25(28)31)11-18-10-16(2)29(17(18)3)21-13-19(26)12-20(27)14-21/h4-7,10-14H,8-9H2,1-3H3/b23-11-. The lowest BCUT2D eigenvalue weighted by atomic mass is 10.2. The summed E-state index contributed by atoms with van der Waals surface area (Å²) in [5, 5.41) is 0.787. The molecule has 1 aromatic heterocycles. The van der Waals surface area contributed by atoms with Gasteiger partial charge in [-0.15, -0.1) is 0 Å². The molecule has 2 heterocycles. The number of carbonyl (C=O) groups excluding carboxylic acids is 2. The maximum atomic E-state index is 12.9. The molecule has 5 nitrogen and oxygen atoms in total. The Morgan fingerprint density at radius 3 is 2.30 bits per heavy atom. The van der Waals surface area contributed by atoms with Gasteiger partial charge in [0.1, 0.15) is 12.4 Å². The van der Waals surface area contributed by atoms with Gasteiger partial charge in [-0.1, -0.05) is 40.9 Å². The van der Waals surface area contributed by atoms with Crippen LogP contribution in [0.2, 0.25) is 10.0 Å². The van der Waals surface area contributed by atoms with Crippen LogP contribution >= 0.6 is 35.0 Å². The summed E-state index contributed by atoms with van der Waals surface area (Å²) in [5.41, 5.74) is 4.70. The van der Waals surface area contributed by atoms with Gasteiger partial charge in [-0.25, -0.2) is 0 Å². The molecule has 1 aliphatic rings. The first kappa shape index (κ1) is 23.5. The zero-order valence-electron chi connectivity index (χ0n) is 18.4. The highest BCUT2D eigenvalue weighted by Gasteiger charge is 2.35. The van der Waals surface area contributed by atoms with Crippen molar-refractivity contribution < 1.29 is 14.3 Å². The van der Waals surface area contributed by atoms with Crippen molar-refractivity contribution in [2.75, 3.05) is 13.2 Å². The van der Waals surface area contributed by atoms with Crippen LogP contribution in [0.3, 0.4) is 0 Å². The molecule has 8 heteroatoms. The molecule has 0 unspecified atom stereocenters. The van der Waals surface area contributed by atoms with Crippen molar-refractivity contribution in [2.45, 2.75) is 20.8 Å². The summed E-state index contributed by atoms with van der Waals surface area (Å²) in [6.07, 6.45) is 1.76. The first-order valence-corrected chi connectivity index (χ1v) is 11.9. The predicted octanol–water partition coefficient (Wildman–Crippen LogP) is 6.82. The summed E-state index contributed by atoms with van der Waals surface area (Å²) >= 11 is 13.3. The molecular weight excluding hydrogens is 479 g/mol. The van der Waals surface area contributed by atoms with Gasteiger partial charge in [0.2, 0.25) is 0 Å². The van der Waals surface area contributed by atoms with Crippen molar-refractivity contribution in [2.24, 2.45) is 0 Å². The third kappa shape index (κ3) is 5.13. The number of halogens is 2. The summed E-state index contributed by atoms with van der Waals surface area (Å²) in [4.78, 5) is 27.0. The molecule has 1 aliphatic heterocycles. The van der Waals surface area contributed by atoms with E-state index in [1.807, 2.05) is 67.8 Å². The van der Waals surface area contributed by atoms with Gasteiger partial charge in [-0.3, -0.25) is 14.5 Å². The molecular formula is C25H22Cl2N2O3S. The molecule has 2 amide bonds. The Kier molecular flexibility index (Phi) is 6.88. The predicted molar refractivity (Wildman–Crippen MR) is 135 cm³/mol. The monoisotopic (exact) mass is 500 g/mol. The van der Waals surface area contributed by atoms with Gasteiger partial charge in [0.05, 0.1) is 11.4 Å². The fraction of sp³-hybridized carbons (Fsp3) is 0.200. The Hall–Kier alpha value is -2.67. The lowest BCUT2D eigenvalue weighted by molar-refractivity contribution is -0.123. The van der Waals surface area contributed by atoms with Gasteiger partial charge in [0.25, 0.3) is 11.1 Å². The van der Waals surface area contributed by atoms with Crippen LogP contribution < -0.4 is 4.74 Å². The first-order valence-electron chi connectivity index (χ1n) is 10.3. The van der Waals surface area contributed by atoms with Gasteiger partial charge >= 0.3 is 0 Å². The molecule has 0 saturated carbocycles. The quantitative estimate of drug-likeness (QED) is 0.348. The number of imide groups is 1. The molecule has 1 fully saturated rings. The van der Waals surface area contributed by atoms with Crippen molar-refractivity contribution in [1.82, 2.24) is 9.47 Å². The average molecular weight is 501 g/mol. The molecule has 0 aliphatic carbocycles. The molecule has 0 atom stereocenters. The number of benzene rings is 2. The first-order chi connectivity index (χ1) is 15.7. The van der Waals surface area contributed by atoms with Crippen molar-refractivity contribution in [3.05, 3.63) is 86.0 Å². The maximum Gasteiger partial charge on any atom is 0.293 e. The van der Waals surface area contributed by atoms with E-state index < -0.39 is 0 Å². The number of thioether (sulfide) groups is 1. The van der Waals surface area contributed by atoms with Gasteiger partial charge in [-0.05, 0) is 80.6 Å². The second-order valence-corrected chi connectivity index (χ2v) is 9.65. The van der Waals surface area contributed by atoms with E-state index in [0.29, 0.717) is 20.7 Å². The largest absolute Gasteiger partial charge is 0.492 e. The van der Waals surface area contributed by atoms with E-state index in [2.05, 4.69) is 0 Å². The van der Waals surface area contributed by atoms with Crippen LogP contribution in [0.4, 0.5) is 4.79 Å². The smallest absolute Gasteiger partial charge is 0.293 e. The van der Waals surface area contributed by atoms with E-state index in [-0.39, 0.29) is 24.3 Å². The molecule has 4 rings (SSSR count). The Morgan fingerprint density at radius 2 is 1.64 bits per heavy atom. The van der Waals surface area contributed by atoms with Gasteiger partial charge in [-0.2, -0.15) is 0 Å². The second kappa shape index (κ2) is 9.67. The third-order valence-electron chi connectivity index (χ3n) is 5.34. The summed E-state index contributed by atoms with van der Waals surface area (Å²) < 4.78 is 7.70. The summed E-state index contributed by atoms with van der Waals surface area (Å²) in [7, 11) is 0. The van der Waals surface area contributed by atoms with Crippen LogP contribution in [0, 0.1) is 20.8 Å². The SMILES string of the molecule is Cc1ccc(OCCN2C(=O)S/C(=C\c3cc(C)n(-c4cc(Cl)cc(Cl)c4)c3C)C2=O)cc1. The number of aromatic nitrogens is 1. The lowest BCUT2D eigenvalue weighted by Crippen LogP contribution is -2.32. The van der Waals surface area contributed by atoms with E-state index >= 15 is 0 Å². The molecule has 3 aromatic rings. The number of carbonyl (C=O) groups is 2. The summed E-state index contributed by atoms with van der Waals surface area (Å²) in [6.45, 7) is 6.34. The maximum absolute atomic E-state index is 12.9. The zero-order chi connectivity index (χ0) is 23.7. The minimum Gasteiger partial charge on any atom is -0.492 e. The topological polar surface area (TPSA) is 51.5 Å². The number of ether oxygens (including phenoxy) is 1. The van der Waals surface area contributed by atoms with Crippen LogP contribution in [0.15, 0.2) is 53.4 Å². The molecule has 170 valence electrons. The second-order valence-electron chi connectivity index (χ2n) is 7.78. The number of hydrogen-bond donors (Lipinski definition) is 0. The minimum absolute atomic E-state index is 0.190. The van der Waals surface area contributed by atoms with Crippen molar-refractivity contribution in [3.63, 3.8) is 0 Å².